The molecule has 0 radical (unpaired) electrons. The average Bonchev–Trinajstić information content (AvgIpc) is 2.99. The molecule has 3 nitrogen and oxygen atoms in total. The first-order valence-corrected chi connectivity index (χ1v) is 5.99. The quantitative estimate of drug-likeness (QED) is 0.724. The van der Waals surface area contributed by atoms with Gasteiger partial charge in [-0.3, -0.25) is 0 Å². The van der Waals surface area contributed by atoms with E-state index in [2.05, 4.69) is 16.6 Å². The SMILES string of the molecule is Cn1ccnc1CCCCC(N)C1CC1. The van der Waals surface area contributed by atoms with E-state index in [-0.39, 0.29) is 0 Å². The number of imidazole rings is 1. The number of nitrogens with zero attached hydrogens (tertiary/aromatic N) is 2. The number of hydrogen-bond acceptors (Lipinski definition) is 2. The van der Waals surface area contributed by atoms with Crippen LogP contribution in [0.2, 0.25) is 0 Å². The van der Waals surface area contributed by atoms with Crippen molar-refractivity contribution in [1.29, 1.82) is 0 Å². The molecule has 0 bridgehead atoms. The molecular weight excluding hydrogens is 186 g/mol. The third kappa shape index (κ3) is 3.06. The van der Waals surface area contributed by atoms with Crippen LogP contribution in [0.15, 0.2) is 12.4 Å². The van der Waals surface area contributed by atoms with Crippen molar-refractivity contribution in [3.63, 3.8) is 0 Å². The van der Waals surface area contributed by atoms with Crippen molar-refractivity contribution in [3.05, 3.63) is 18.2 Å². The van der Waals surface area contributed by atoms with Crippen LogP contribution in [-0.4, -0.2) is 15.6 Å². The van der Waals surface area contributed by atoms with E-state index in [4.69, 9.17) is 5.73 Å². The number of aryl methyl sites for hydroxylation is 2. The first kappa shape index (κ1) is 10.7. The van der Waals surface area contributed by atoms with E-state index in [1.54, 1.807) is 0 Å². The molecule has 0 aromatic carbocycles. The molecule has 1 fully saturated rings. The largest absolute Gasteiger partial charge is 0.338 e. The van der Waals surface area contributed by atoms with E-state index in [9.17, 15) is 0 Å². The highest BCUT2D eigenvalue weighted by atomic mass is 15.0. The van der Waals surface area contributed by atoms with Gasteiger partial charge in [0.1, 0.15) is 5.82 Å². The molecule has 2 N–H and O–H groups in total. The van der Waals surface area contributed by atoms with Crippen molar-refractivity contribution in [2.75, 3.05) is 0 Å². The lowest BCUT2D eigenvalue weighted by molar-refractivity contribution is 0.512. The summed E-state index contributed by atoms with van der Waals surface area (Å²) in [7, 11) is 2.05. The summed E-state index contributed by atoms with van der Waals surface area (Å²) in [4.78, 5) is 4.31. The van der Waals surface area contributed by atoms with Crippen LogP contribution in [0, 0.1) is 5.92 Å². The summed E-state index contributed by atoms with van der Waals surface area (Å²) in [6.45, 7) is 0. The van der Waals surface area contributed by atoms with Gasteiger partial charge in [-0.25, -0.2) is 4.98 Å². The molecule has 1 aliphatic carbocycles. The second-order valence-corrected chi connectivity index (χ2v) is 4.70. The highest BCUT2D eigenvalue weighted by Gasteiger charge is 2.27. The third-order valence-electron chi connectivity index (χ3n) is 3.34. The summed E-state index contributed by atoms with van der Waals surface area (Å²) in [5, 5.41) is 0. The van der Waals surface area contributed by atoms with E-state index in [0.29, 0.717) is 6.04 Å². The lowest BCUT2D eigenvalue weighted by atomic mass is 10.1. The maximum atomic E-state index is 6.05. The second kappa shape index (κ2) is 4.79. The van der Waals surface area contributed by atoms with Gasteiger partial charge in [0, 0.05) is 31.9 Å². The van der Waals surface area contributed by atoms with E-state index >= 15 is 0 Å². The van der Waals surface area contributed by atoms with Gasteiger partial charge in [0.15, 0.2) is 0 Å². The highest BCUT2D eigenvalue weighted by molar-refractivity contribution is 4.91. The van der Waals surface area contributed by atoms with Gasteiger partial charge in [-0.15, -0.1) is 0 Å². The zero-order chi connectivity index (χ0) is 10.7. The van der Waals surface area contributed by atoms with Crippen molar-refractivity contribution in [1.82, 2.24) is 9.55 Å². The van der Waals surface area contributed by atoms with Crippen LogP contribution in [0.3, 0.4) is 0 Å². The molecule has 0 spiro atoms. The maximum Gasteiger partial charge on any atom is 0.108 e. The molecule has 3 heteroatoms. The first-order chi connectivity index (χ1) is 7.27. The summed E-state index contributed by atoms with van der Waals surface area (Å²) >= 11 is 0. The molecule has 0 aliphatic heterocycles. The van der Waals surface area contributed by atoms with Crippen LogP contribution >= 0.6 is 0 Å². The molecular formula is C12H21N3. The van der Waals surface area contributed by atoms with Crippen LogP contribution in [0.25, 0.3) is 0 Å². The van der Waals surface area contributed by atoms with Crippen LogP contribution in [0.4, 0.5) is 0 Å². The van der Waals surface area contributed by atoms with Gasteiger partial charge >= 0.3 is 0 Å². The molecule has 2 rings (SSSR count). The van der Waals surface area contributed by atoms with Gasteiger partial charge in [-0.05, 0) is 31.6 Å². The minimum atomic E-state index is 0.464. The standard InChI is InChI=1S/C12H21N3/c1-15-9-8-14-12(15)5-3-2-4-11(13)10-6-7-10/h8-11H,2-7,13H2,1H3. The fourth-order valence-corrected chi connectivity index (χ4v) is 2.06. The molecule has 1 heterocycles. The summed E-state index contributed by atoms with van der Waals surface area (Å²) in [6.07, 6.45) is 11.3. The van der Waals surface area contributed by atoms with Gasteiger partial charge in [0.25, 0.3) is 0 Å². The number of nitrogens with two attached hydrogens (primary N) is 1. The summed E-state index contributed by atoms with van der Waals surface area (Å²) in [5.41, 5.74) is 6.05. The molecule has 15 heavy (non-hydrogen) atoms. The topological polar surface area (TPSA) is 43.8 Å². The van der Waals surface area contributed by atoms with E-state index < -0.39 is 0 Å². The number of rotatable bonds is 6. The average molecular weight is 207 g/mol. The zero-order valence-corrected chi connectivity index (χ0v) is 9.52. The molecule has 1 aromatic rings. The van der Waals surface area contributed by atoms with Gasteiger partial charge in [-0.2, -0.15) is 0 Å². The summed E-state index contributed by atoms with van der Waals surface area (Å²) in [6, 6.07) is 0.464. The third-order valence-corrected chi connectivity index (χ3v) is 3.34. The first-order valence-electron chi connectivity index (χ1n) is 5.99. The van der Waals surface area contributed by atoms with Crippen LogP contribution in [0.5, 0.6) is 0 Å². The van der Waals surface area contributed by atoms with Gasteiger partial charge < -0.3 is 10.3 Å². The molecule has 84 valence electrons. The molecule has 1 saturated carbocycles. The van der Waals surface area contributed by atoms with E-state index in [1.165, 1.54) is 37.9 Å². The normalized spacial score (nSPS) is 18.0. The Bertz CT molecular complexity index is 302. The van der Waals surface area contributed by atoms with Crippen molar-refractivity contribution in [3.8, 4) is 0 Å². The molecule has 1 atom stereocenters. The Morgan fingerprint density at radius 2 is 2.33 bits per heavy atom. The van der Waals surface area contributed by atoms with Crippen LogP contribution in [-0.2, 0) is 13.5 Å². The predicted molar refractivity (Wildman–Crippen MR) is 61.5 cm³/mol. The maximum absolute atomic E-state index is 6.05. The molecule has 0 saturated heterocycles. The predicted octanol–water partition coefficient (Wildman–Crippen LogP) is 1.87. The van der Waals surface area contributed by atoms with Gasteiger partial charge in [0.2, 0.25) is 0 Å². The zero-order valence-electron chi connectivity index (χ0n) is 9.52. The Morgan fingerprint density at radius 3 is 2.93 bits per heavy atom. The minimum absolute atomic E-state index is 0.464. The lowest BCUT2D eigenvalue weighted by Gasteiger charge is -2.09. The van der Waals surface area contributed by atoms with E-state index in [1.807, 2.05) is 12.4 Å². The molecule has 1 aliphatic rings. The van der Waals surface area contributed by atoms with Crippen molar-refractivity contribution in [2.24, 2.45) is 18.7 Å². The highest BCUT2D eigenvalue weighted by Crippen LogP contribution is 2.33. The lowest BCUT2D eigenvalue weighted by Crippen LogP contribution is -2.21. The summed E-state index contributed by atoms with van der Waals surface area (Å²) < 4.78 is 2.10. The number of unbranched alkanes of at least 4 members (excludes halogenated alkanes) is 1. The Hall–Kier alpha value is -0.830. The second-order valence-electron chi connectivity index (χ2n) is 4.70. The smallest absolute Gasteiger partial charge is 0.108 e. The number of hydrogen-bond donors (Lipinski definition) is 1. The van der Waals surface area contributed by atoms with Crippen molar-refractivity contribution >= 4 is 0 Å². The minimum Gasteiger partial charge on any atom is -0.338 e. The fraction of sp³-hybridized carbons (Fsp3) is 0.750. The number of aromatic nitrogens is 2. The van der Waals surface area contributed by atoms with Gasteiger partial charge in [-0.1, -0.05) is 6.42 Å². The Balaban J connectivity index is 1.60. The molecule has 1 aromatic heterocycles. The monoisotopic (exact) mass is 207 g/mol. The van der Waals surface area contributed by atoms with Gasteiger partial charge in [0.05, 0.1) is 0 Å². The van der Waals surface area contributed by atoms with Crippen LogP contribution in [0.1, 0.15) is 37.9 Å². The van der Waals surface area contributed by atoms with Crippen molar-refractivity contribution in [2.45, 2.75) is 44.6 Å². The fourth-order valence-electron chi connectivity index (χ4n) is 2.06. The van der Waals surface area contributed by atoms with Crippen LogP contribution < -0.4 is 5.73 Å². The van der Waals surface area contributed by atoms with E-state index in [0.717, 1.165) is 12.3 Å². The Kier molecular flexibility index (Phi) is 3.41. The Morgan fingerprint density at radius 1 is 1.53 bits per heavy atom. The molecule has 1 unspecified atom stereocenters. The molecule has 0 amide bonds. The summed E-state index contributed by atoms with van der Waals surface area (Å²) in [5.74, 6) is 2.04. The Labute approximate surface area is 91.7 Å². The van der Waals surface area contributed by atoms with Crippen molar-refractivity contribution < 1.29 is 0 Å².